The number of hydrogen-bond acceptors (Lipinski definition) is 2. The van der Waals surface area contributed by atoms with Gasteiger partial charge in [0.05, 0.1) is 0 Å². The Balaban J connectivity index is 2.12. The summed E-state index contributed by atoms with van der Waals surface area (Å²) in [5, 5.41) is 3.40. The van der Waals surface area contributed by atoms with Crippen LogP contribution in [-0.4, -0.2) is 6.98 Å². The molecule has 4 nitrogen and oxygen atoms in total. The van der Waals surface area contributed by atoms with E-state index in [2.05, 4.69) is 10.0 Å². The summed E-state index contributed by atoms with van der Waals surface area (Å²) in [6, 6.07) is 10.7. The third-order valence-corrected chi connectivity index (χ3v) is 2.49. The van der Waals surface area contributed by atoms with Crippen molar-refractivity contribution in [3.63, 3.8) is 0 Å². The van der Waals surface area contributed by atoms with Gasteiger partial charge >= 0.3 is 6.98 Å². The van der Waals surface area contributed by atoms with Crippen LogP contribution in [0.25, 0.3) is 10.4 Å². The first-order chi connectivity index (χ1) is 9.49. The molecule has 2 rings (SSSR count). The molecule has 0 aliphatic rings. The number of ether oxygens (including phenoxy) is 1. The van der Waals surface area contributed by atoms with E-state index < -0.39 is 12.4 Å². The number of nitrogens with zero attached hydrogens (tertiary/aromatic N) is 3. The molecule has 8 heteroatoms. The molecule has 0 saturated heterocycles. The summed E-state index contributed by atoms with van der Waals surface area (Å²) in [4.78, 5) is 2.63. The van der Waals surface area contributed by atoms with Crippen LogP contribution in [-0.2, 0) is 0 Å². The van der Waals surface area contributed by atoms with E-state index in [4.69, 9.17) is 10.3 Å². The van der Waals surface area contributed by atoms with Crippen molar-refractivity contribution in [2.24, 2.45) is 5.11 Å². The molecule has 0 aliphatic carbocycles. The third-order valence-electron chi connectivity index (χ3n) is 2.49. The summed E-state index contributed by atoms with van der Waals surface area (Å²) in [6.07, 6.45) is 0. The van der Waals surface area contributed by atoms with Gasteiger partial charge in [-0.3, -0.25) is 0 Å². The van der Waals surface area contributed by atoms with E-state index in [-0.39, 0.29) is 0 Å². The second-order valence-electron chi connectivity index (χ2n) is 3.93. The average Bonchev–Trinajstić information content (AvgIpc) is 2.41. The van der Waals surface area contributed by atoms with Crippen LogP contribution in [0.5, 0.6) is 11.5 Å². The van der Waals surface area contributed by atoms with Crippen molar-refractivity contribution in [2.45, 2.75) is 0 Å². The molecule has 0 fully saturated rings. The maximum Gasteiger partial charge on any atom is 0.509 e. The van der Waals surface area contributed by atoms with Gasteiger partial charge in [-0.25, -0.2) is 0 Å². The molecule has 0 atom stereocenters. The largest absolute Gasteiger partial charge is 0.509 e. The van der Waals surface area contributed by atoms with Gasteiger partial charge in [-0.15, -0.1) is 5.46 Å². The molecule has 0 saturated carbocycles. The Morgan fingerprint density at radius 3 is 1.85 bits per heavy atom. The fraction of sp³-hybridized carbons (Fsp3) is 0. The highest BCUT2D eigenvalue weighted by molar-refractivity contribution is 6.73. The van der Waals surface area contributed by atoms with Crippen molar-refractivity contribution in [1.29, 1.82) is 0 Å². The number of benzene rings is 2. The lowest BCUT2D eigenvalue weighted by atomic mass is 9.80. The molecule has 0 unspecified atom stereocenters. The fourth-order valence-corrected chi connectivity index (χ4v) is 1.52. The number of rotatable bonds is 4. The molecular formula is C12H8BF3N3O-. The summed E-state index contributed by atoms with van der Waals surface area (Å²) >= 11 is 0. The van der Waals surface area contributed by atoms with Crippen LogP contribution in [0.15, 0.2) is 53.6 Å². The Morgan fingerprint density at radius 2 is 1.40 bits per heavy atom. The molecule has 0 radical (unpaired) electrons. The lowest BCUT2D eigenvalue weighted by Gasteiger charge is -2.15. The molecule has 0 bridgehead atoms. The van der Waals surface area contributed by atoms with Gasteiger partial charge in [0.1, 0.15) is 11.5 Å². The van der Waals surface area contributed by atoms with E-state index in [9.17, 15) is 12.9 Å². The van der Waals surface area contributed by atoms with Crippen molar-refractivity contribution >= 4 is 18.1 Å². The van der Waals surface area contributed by atoms with Gasteiger partial charge in [-0.2, -0.15) is 0 Å². The second-order valence-corrected chi connectivity index (χ2v) is 3.93. The third kappa shape index (κ3) is 3.46. The molecule has 0 aliphatic heterocycles. The van der Waals surface area contributed by atoms with E-state index in [1.807, 2.05) is 0 Å². The SMILES string of the molecule is [N-]=[N+]=Nc1ccc(Oc2ccc([B-](F)(F)F)cc2)cc1. The monoisotopic (exact) mass is 278 g/mol. The van der Waals surface area contributed by atoms with Crippen LogP contribution in [0.4, 0.5) is 18.6 Å². The average molecular weight is 278 g/mol. The van der Waals surface area contributed by atoms with Gasteiger partial charge in [0.25, 0.3) is 0 Å². The van der Waals surface area contributed by atoms with Crippen LogP contribution >= 0.6 is 0 Å². The Kier molecular flexibility index (Phi) is 3.86. The zero-order valence-corrected chi connectivity index (χ0v) is 10.1. The van der Waals surface area contributed by atoms with Crippen LogP contribution in [0.1, 0.15) is 0 Å². The maximum atomic E-state index is 12.4. The zero-order chi connectivity index (χ0) is 14.6. The van der Waals surface area contributed by atoms with E-state index in [1.54, 1.807) is 24.3 Å². The van der Waals surface area contributed by atoms with Crippen molar-refractivity contribution in [3.05, 3.63) is 59.0 Å². The second kappa shape index (κ2) is 5.58. The summed E-state index contributed by atoms with van der Waals surface area (Å²) < 4.78 is 42.7. The van der Waals surface area contributed by atoms with Crippen LogP contribution in [0, 0.1) is 0 Å². The highest BCUT2D eigenvalue weighted by Crippen LogP contribution is 2.24. The zero-order valence-electron chi connectivity index (χ0n) is 10.1. The smallest absolute Gasteiger partial charge is 0.457 e. The van der Waals surface area contributed by atoms with Crippen molar-refractivity contribution in [3.8, 4) is 11.5 Å². The van der Waals surface area contributed by atoms with Crippen LogP contribution in [0.2, 0.25) is 0 Å². The van der Waals surface area contributed by atoms with Gasteiger partial charge in [-0.1, -0.05) is 17.2 Å². The molecule has 0 spiro atoms. The predicted molar refractivity (Wildman–Crippen MR) is 70.5 cm³/mol. The Hall–Kier alpha value is -2.60. The number of azide groups is 1. The van der Waals surface area contributed by atoms with Crippen LogP contribution < -0.4 is 10.2 Å². The Bertz CT molecular complexity index is 634. The van der Waals surface area contributed by atoms with Crippen molar-refractivity contribution in [1.82, 2.24) is 0 Å². The topological polar surface area (TPSA) is 58.0 Å². The minimum absolute atomic E-state index is 0.297. The molecule has 0 heterocycles. The maximum absolute atomic E-state index is 12.4. The van der Waals surface area contributed by atoms with Crippen molar-refractivity contribution < 1.29 is 17.7 Å². The Labute approximate surface area is 112 Å². The first kappa shape index (κ1) is 13.8. The minimum Gasteiger partial charge on any atom is -0.457 e. The van der Waals surface area contributed by atoms with Gasteiger partial charge in [0.2, 0.25) is 0 Å². The molecule has 102 valence electrons. The summed E-state index contributed by atoms with van der Waals surface area (Å²) in [7, 11) is 0. The standard InChI is InChI=1S/C12H8BF3N3O/c14-13(15,16)9-1-5-11(6-2-9)20-12-7-3-10(4-8-12)18-19-17/h1-8H/q-1. The minimum atomic E-state index is -5.00. The lowest BCUT2D eigenvalue weighted by molar-refractivity contribution is 0.482. The molecule has 2 aromatic rings. The summed E-state index contributed by atoms with van der Waals surface area (Å²) in [5.74, 6) is 0.734. The van der Waals surface area contributed by atoms with Crippen molar-refractivity contribution in [2.75, 3.05) is 0 Å². The van der Waals surface area contributed by atoms with E-state index in [0.29, 0.717) is 17.2 Å². The molecule has 20 heavy (non-hydrogen) atoms. The summed E-state index contributed by atoms with van der Waals surface area (Å²) in [5.41, 5.74) is 8.01. The van der Waals surface area contributed by atoms with E-state index >= 15 is 0 Å². The quantitative estimate of drug-likeness (QED) is 0.352. The normalized spacial score (nSPS) is 10.8. The number of hydrogen-bond donors (Lipinski definition) is 0. The highest BCUT2D eigenvalue weighted by atomic mass is 19.4. The first-order valence-electron chi connectivity index (χ1n) is 5.62. The van der Waals surface area contributed by atoms with Gasteiger partial charge in [0.15, 0.2) is 0 Å². The molecule has 0 amide bonds. The van der Waals surface area contributed by atoms with Gasteiger partial charge in [0, 0.05) is 10.6 Å². The van der Waals surface area contributed by atoms with Gasteiger partial charge in [-0.05, 0) is 41.9 Å². The van der Waals surface area contributed by atoms with Gasteiger partial charge < -0.3 is 17.7 Å². The predicted octanol–water partition coefficient (Wildman–Crippen LogP) is 4.48. The van der Waals surface area contributed by atoms with E-state index in [0.717, 1.165) is 12.1 Å². The molecular weight excluding hydrogens is 270 g/mol. The molecule has 2 aromatic carbocycles. The highest BCUT2D eigenvalue weighted by Gasteiger charge is 2.24. The van der Waals surface area contributed by atoms with E-state index in [1.165, 1.54) is 12.1 Å². The lowest BCUT2D eigenvalue weighted by Crippen LogP contribution is -2.33. The Morgan fingerprint density at radius 1 is 0.900 bits per heavy atom. The molecule has 0 aromatic heterocycles. The number of halogens is 3. The first-order valence-corrected chi connectivity index (χ1v) is 5.62. The molecule has 0 N–H and O–H groups in total. The summed E-state index contributed by atoms with van der Waals surface area (Å²) in [6.45, 7) is -5.00. The fourth-order valence-electron chi connectivity index (χ4n) is 1.52. The van der Waals surface area contributed by atoms with Crippen LogP contribution in [0.3, 0.4) is 0 Å².